The largest absolute Gasteiger partial charge is 0.308 e. The summed E-state index contributed by atoms with van der Waals surface area (Å²) in [5.74, 6) is 0.848. The highest BCUT2D eigenvalue weighted by molar-refractivity contribution is 6.31. The molecule has 5 heteroatoms. The van der Waals surface area contributed by atoms with Crippen molar-refractivity contribution in [2.75, 3.05) is 13.1 Å². The molecule has 2 unspecified atom stereocenters. The van der Waals surface area contributed by atoms with Gasteiger partial charge in [-0.25, -0.2) is 0 Å². The predicted octanol–water partition coefficient (Wildman–Crippen LogP) is 2.83. The summed E-state index contributed by atoms with van der Waals surface area (Å²) in [7, 11) is 0. The zero-order valence-electron chi connectivity index (χ0n) is 13.6. The Hall–Kier alpha value is -0.580. The van der Waals surface area contributed by atoms with Crippen molar-refractivity contribution in [1.29, 1.82) is 0 Å². The number of aromatic nitrogens is 2. The van der Waals surface area contributed by atoms with Crippen molar-refractivity contribution < 1.29 is 0 Å². The molecule has 0 amide bonds. The highest BCUT2D eigenvalue weighted by atomic mass is 35.5. The first-order valence-corrected chi connectivity index (χ1v) is 8.53. The molecule has 2 aliphatic rings. The van der Waals surface area contributed by atoms with Gasteiger partial charge in [0.2, 0.25) is 0 Å². The Balaban J connectivity index is 1.79. The average Bonchev–Trinajstić information content (AvgIpc) is 3.27. The van der Waals surface area contributed by atoms with E-state index in [1.807, 2.05) is 6.92 Å². The summed E-state index contributed by atoms with van der Waals surface area (Å²) in [5.41, 5.74) is 2.38. The molecule has 1 saturated carbocycles. The van der Waals surface area contributed by atoms with Crippen molar-refractivity contribution >= 4 is 11.6 Å². The molecule has 3 rings (SSSR count). The molecule has 1 aliphatic carbocycles. The predicted molar refractivity (Wildman–Crippen MR) is 86.7 cm³/mol. The monoisotopic (exact) mass is 310 g/mol. The van der Waals surface area contributed by atoms with Crippen LogP contribution in [-0.4, -0.2) is 39.4 Å². The summed E-state index contributed by atoms with van der Waals surface area (Å²) < 4.78 is 2.06. The number of nitrogens with one attached hydrogen (secondary N) is 1. The van der Waals surface area contributed by atoms with Gasteiger partial charge in [-0.15, -0.1) is 0 Å². The van der Waals surface area contributed by atoms with Gasteiger partial charge >= 0.3 is 0 Å². The minimum absolute atomic E-state index is 0.269. The van der Waals surface area contributed by atoms with Crippen molar-refractivity contribution in [3.05, 3.63) is 16.4 Å². The van der Waals surface area contributed by atoms with E-state index < -0.39 is 0 Å². The molecule has 0 bridgehead atoms. The minimum Gasteiger partial charge on any atom is -0.308 e. The normalized spacial score (nSPS) is 30.8. The third kappa shape index (κ3) is 2.86. The Kier molecular flexibility index (Phi) is 4.06. The minimum atomic E-state index is 0.269. The van der Waals surface area contributed by atoms with Gasteiger partial charge in [-0.3, -0.25) is 9.58 Å². The fourth-order valence-corrected chi connectivity index (χ4v) is 3.76. The van der Waals surface area contributed by atoms with Gasteiger partial charge < -0.3 is 5.32 Å². The van der Waals surface area contributed by atoms with Gasteiger partial charge in [-0.1, -0.05) is 11.6 Å². The van der Waals surface area contributed by atoms with Crippen LogP contribution in [-0.2, 0) is 13.1 Å². The maximum Gasteiger partial charge on any atom is 0.0860 e. The molecule has 1 aromatic rings. The highest BCUT2D eigenvalue weighted by Crippen LogP contribution is 2.41. The number of aryl methyl sites for hydroxylation is 2. The maximum absolute atomic E-state index is 6.48. The lowest BCUT2D eigenvalue weighted by Crippen LogP contribution is -2.63. The van der Waals surface area contributed by atoms with Crippen LogP contribution in [0.1, 0.15) is 45.0 Å². The van der Waals surface area contributed by atoms with E-state index in [4.69, 9.17) is 11.6 Å². The lowest BCUT2D eigenvalue weighted by atomic mass is 9.91. The van der Waals surface area contributed by atoms with Gasteiger partial charge in [-0.05, 0) is 46.5 Å². The van der Waals surface area contributed by atoms with Crippen LogP contribution in [0.4, 0.5) is 0 Å². The zero-order chi connectivity index (χ0) is 15.2. The van der Waals surface area contributed by atoms with Crippen molar-refractivity contribution in [2.24, 2.45) is 5.92 Å². The molecular formula is C16H27ClN4. The molecule has 0 spiro atoms. The van der Waals surface area contributed by atoms with E-state index in [1.165, 1.54) is 18.5 Å². The first-order chi connectivity index (χ1) is 9.94. The number of nitrogens with zero attached hydrogens (tertiary/aromatic N) is 3. The standard InChI is InChI=1S/C16H27ClN4/c1-5-21-14(15(17)12(3)19-21)9-20-10-16(4,13-6-7-13)18-8-11(20)2/h11,13,18H,5-10H2,1-4H3. The van der Waals surface area contributed by atoms with Crippen LogP contribution < -0.4 is 5.32 Å². The molecule has 21 heavy (non-hydrogen) atoms. The van der Waals surface area contributed by atoms with Gasteiger partial charge in [0.15, 0.2) is 0 Å². The van der Waals surface area contributed by atoms with Gasteiger partial charge in [0.05, 0.1) is 16.4 Å². The summed E-state index contributed by atoms with van der Waals surface area (Å²) >= 11 is 6.48. The Labute approximate surface area is 132 Å². The topological polar surface area (TPSA) is 33.1 Å². The van der Waals surface area contributed by atoms with Crippen LogP contribution >= 0.6 is 11.6 Å². The molecule has 1 saturated heterocycles. The fourth-order valence-electron chi connectivity index (χ4n) is 3.56. The maximum atomic E-state index is 6.48. The third-order valence-electron chi connectivity index (χ3n) is 5.24. The van der Waals surface area contributed by atoms with E-state index in [2.05, 4.69) is 40.8 Å². The second kappa shape index (κ2) is 5.56. The molecule has 2 heterocycles. The lowest BCUT2D eigenvalue weighted by Gasteiger charge is -2.45. The quantitative estimate of drug-likeness (QED) is 0.928. The van der Waals surface area contributed by atoms with E-state index in [0.29, 0.717) is 6.04 Å². The van der Waals surface area contributed by atoms with Crippen molar-refractivity contribution in [3.8, 4) is 0 Å². The van der Waals surface area contributed by atoms with E-state index in [9.17, 15) is 0 Å². The van der Waals surface area contributed by atoms with Crippen LogP contribution in [0.2, 0.25) is 5.02 Å². The summed E-state index contributed by atoms with van der Waals surface area (Å²) in [6.07, 6.45) is 2.75. The van der Waals surface area contributed by atoms with Gasteiger partial charge in [-0.2, -0.15) is 5.10 Å². The van der Waals surface area contributed by atoms with Crippen LogP contribution in [0.15, 0.2) is 0 Å². The fraction of sp³-hybridized carbons (Fsp3) is 0.812. The molecule has 4 nitrogen and oxygen atoms in total. The Morgan fingerprint density at radius 1 is 1.43 bits per heavy atom. The van der Waals surface area contributed by atoms with E-state index >= 15 is 0 Å². The van der Waals surface area contributed by atoms with Crippen LogP contribution in [0, 0.1) is 12.8 Å². The van der Waals surface area contributed by atoms with E-state index in [0.717, 1.165) is 42.8 Å². The summed E-state index contributed by atoms with van der Waals surface area (Å²) in [6.45, 7) is 12.7. The first kappa shape index (κ1) is 15.3. The zero-order valence-corrected chi connectivity index (χ0v) is 14.4. The summed E-state index contributed by atoms with van der Waals surface area (Å²) in [4.78, 5) is 2.57. The number of hydrogen-bond donors (Lipinski definition) is 1. The van der Waals surface area contributed by atoms with Gasteiger partial charge in [0.1, 0.15) is 0 Å². The second-order valence-electron chi connectivity index (χ2n) is 6.99. The smallest absolute Gasteiger partial charge is 0.0860 e. The molecule has 2 atom stereocenters. The van der Waals surface area contributed by atoms with Crippen LogP contribution in [0.25, 0.3) is 0 Å². The number of rotatable bonds is 4. The summed E-state index contributed by atoms with van der Waals surface area (Å²) in [6, 6.07) is 0.536. The number of halogens is 1. The molecule has 118 valence electrons. The third-order valence-corrected chi connectivity index (χ3v) is 5.73. The number of piperazine rings is 1. The number of hydrogen-bond acceptors (Lipinski definition) is 3. The van der Waals surface area contributed by atoms with Gasteiger partial charge in [0.25, 0.3) is 0 Å². The Morgan fingerprint density at radius 2 is 2.14 bits per heavy atom. The van der Waals surface area contributed by atoms with Crippen molar-refractivity contribution in [3.63, 3.8) is 0 Å². The Morgan fingerprint density at radius 3 is 2.76 bits per heavy atom. The highest BCUT2D eigenvalue weighted by Gasteiger charge is 2.45. The van der Waals surface area contributed by atoms with E-state index in [-0.39, 0.29) is 5.54 Å². The van der Waals surface area contributed by atoms with Crippen LogP contribution in [0.5, 0.6) is 0 Å². The molecular weight excluding hydrogens is 284 g/mol. The molecule has 1 N–H and O–H groups in total. The van der Waals surface area contributed by atoms with Crippen molar-refractivity contribution in [1.82, 2.24) is 20.0 Å². The molecule has 1 aromatic heterocycles. The lowest BCUT2D eigenvalue weighted by molar-refractivity contribution is 0.0748. The van der Waals surface area contributed by atoms with Crippen molar-refractivity contribution in [2.45, 2.75) is 65.2 Å². The average molecular weight is 311 g/mol. The molecule has 0 aromatic carbocycles. The molecule has 1 aliphatic heterocycles. The first-order valence-electron chi connectivity index (χ1n) is 8.15. The second-order valence-corrected chi connectivity index (χ2v) is 7.37. The Bertz CT molecular complexity index is 523. The van der Waals surface area contributed by atoms with Crippen LogP contribution in [0.3, 0.4) is 0 Å². The molecule has 2 fully saturated rings. The SMILES string of the molecule is CCn1nc(C)c(Cl)c1CN1CC(C)(C2CC2)NCC1C. The summed E-state index contributed by atoms with van der Waals surface area (Å²) in [5, 5.41) is 9.16. The molecule has 0 radical (unpaired) electrons. The van der Waals surface area contributed by atoms with E-state index in [1.54, 1.807) is 0 Å². The van der Waals surface area contributed by atoms with Gasteiger partial charge in [0, 0.05) is 37.8 Å².